The maximum Gasteiger partial charge on any atom is 0.264 e. The highest BCUT2D eigenvalue weighted by molar-refractivity contribution is 7.92. The number of amides is 1. The Labute approximate surface area is 135 Å². The molecule has 1 fully saturated rings. The first-order chi connectivity index (χ1) is 10.6. The van der Waals surface area contributed by atoms with Crippen LogP contribution in [0.25, 0.3) is 0 Å². The number of rotatable bonds is 5. The van der Waals surface area contributed by atoms with Crippen molar-refractivity contribution >= 4 is 15.7 Å². The van der Waals surface area contributed by atoms with Crippen LogP contribution < -0.4 is 5.48 Å². The minimum absolute atomic E-state index is 0.0324. The van der Waals surface area contributed by atoms with Crippen molar-refractivity contribution in [3.63, 3.8) is 0 Å². The number of hydrogen-bond acceptors (Lipinski definition) is 6. The summed E-state index contributed by atoms with van der Waals surface area (Å²) < 4.78 is 27.1. The second-order valence-electron chi connectivity index (χ2n) is 6.44. The monoisotopic (exact) mass is 340 g/mol. The van der Waals surface area contributed by atoms with Gasteiger partial charge in [-0.1, -0.05) is 11.1 Å². The average molecular weight is 340 g/mol. The molecule has 0 radical (unpaired) electrons. The van der Waals surface area contributed by atoms with E-state index in [0.29, 0.717) is 11.5 Å². The third-order valence-electron chi connectivity index (χ3n) is 4.30. The van der Waals surface area contributed by atoms with Crippen molar-refractivity contribution in [2.75, 3.05) is 6.26 Å². The van der Waals surface area contributed by atoms with Gasteiger partial charge in [-0.2, -0.15) is 0 Å². The molecule has 7 nitrogen and oxygen atoms in total. The Balaban J connectivity index is 2.08. The molecule has 1 aromatic heterocycles. The molecule has 1 saturated carbocycles. The summed E-state index contributed by atoms with van der Waals surface area (Å²) in [5.74, 6) is 5.47. The highest BCUT2D eigenvalue weighted by Crippen LogP contribution is 2.44. The summed E-state index contributed by atoms with van der Waals surface area (Å²) in [6, 6.07) is 1.64. The van der Waals surface area contributed by atoms with Crippen LogP contribution in [0, 0.1) is 17.3 Å². The fraction of sp³-hybridized carbons (Fsp3) is 0.600. The number of hydrogen-bond donors (Lipinski definition) is 2. The van der Waals surface area contributed by atoms with Gasteiger partial charge in [-0.05, 0) is 45.5 Å². The third-order valence-corrected chi connectivity index (χ3v) is 6.33. The standard InChI is InChI=1S/C15H20N2O5S/c1-14(8-9-14)6-5-12-10-11(17-22-12)4-7-15(2,13(18)16-19)23(3,20)21/h10,19H,4,7-9H2,1-3H3,(H,16,18). The Morgan fingerprint density at radius 3 is 2.74 bits per heavy atom. The van der Waals surface area contributed by atoms with Crippen LogP contribution in [0.1, 0.15) is 44.6 Å². The van der Waals surface area contributed by atoms with Crippen molar-refractivity contribution in [3.8, 4) is 11.8 Å². The molecule has 126 valence electrons. The van der Waals surface area contributed by atoms with Gasteiger partial charge >= 0.3 is 0 Å². The molecule has 1 aliphatic carbocycles. The van der Waals surface area contributed by atoms with E-state index >= 15 is 0 Å². The van der Waals surface area contributed by atoms with Crippen LogP contribution in [-0.4, -0.2) is 35.7 Å². The topological polar surface area (TPSA) is 110 Å². The Bertz CT molecular complexity index is 767. The first-order valence-corrected chi connectivity index (χ1v) is 9.12. The largest absolute Gasteiger partial charge is 0.347 e. The van der Waals surface area contributed by atoms with Gasteiger partial charge < -0.3 is 4.52 Å². The highest BCUT2D eigenvalue weighted by atomic mass is 32.2. The van der Waals surface area contributed by atoms with Crippen molar-refractivity contribution in [2.45, 2.75) is 44.3 Å². The fourth-order valence-electron chi connectivity index (χ4n) is 1.97. The molecule has 0 saturated heterocycles. The number of aromatic nitrogens is 1. The predicted molar refractivity (Wildman–Crippen MR) is 82.2 cm³/mol. The normalized spacial score (nSPS) is 18.4. The van der Waals surface area contributed by atoms with Gasteiger partial charge in [-0.3, -0.25) is 10.0 Å². The molecule has 23 heavy (non-hydrogen) atoms. The number of carbonyl (C=O) groups is 1. The van der Waals surface area contributed by atoms with E-state index in [1.165, 1.54) is 12.4 Å². The second-order valence-corrected chi connectivity index (χ2v) is 8.88. The molecule has 0 bridgehead atoms. The molecule has 0 spiro atoms. The molecule has 1 aliphatic rings. The lowest BCUT2D eigenvalue weighted by atomic mass is 10.0. The molecule has 0 aromatic carbocycles. The zero-order chi connectivity index (χ0) is 17.3. The van der Waals surface area contributed by atoms with Gasteiger partial charge in [-0.25, -0.2) is 13.9 Å². The molecular formula is C15H20N2O5S. The Morgan fingerprint density at radius 1 is 1.57 bits per heavy atom. The van der Waals surface area contributed by atoms with Crippen LogP contribution in [0.5, 0.6) is 0 Å². The molecule has 1 aromatic rings. The average Bonchev–Trinajstić information content (AvgIpc) is 3.04. The number of carbonyl (C=O) groups excluding carboxylic acids is 1. The van der Waals surface area contributed by atoms with Crippen LogP contribution in [0.2, 0.25) is 0 Å². The van der Waals surface area contributed by atoms with Crippen LogP contribution >= 0.6 is 0 Å². The first kappa shape index (κ1) is 17.5. The smallest absolute Gasteiger partial charge is 0.264 e. The lowest BCUT2D eigenvalue weighted by Crippen LogP contribution is -2.49. The molecule has 1 amide bonds. The minimum atomic E-state index is -3.72. The maximum absolute atomic E-state index is 11.9. The summed E-state index contributed by atoms with van der Waals surface area (Å²) in [5, 5.41) is 12.6. The molecule has 1 heterocycles. The van der Waals surface area contributed by atoms with Crippen molar-refractivity contribution in [1.82, 2.24) is 10.6 Å². The number of nitrogens with one attached hydrogen (secondary N) is 1. The molecule has 2 N–H and O–H groups in total. The molecule has 1 atom stereocenters. The van der Waals surface area contributed by atoms with Crippen molar-refractivity contribution in [1.29, 1.82) is 0 Å². The van der Waals surface area contributed by atoms with E-state index in [4.69, 9.17) is 9.73 Å². The van der Waals surface area contributed by atoms with Gasteiger partial charge in [0.15, 0.2) is 9.84 Å². The zero-order valence-electron chi connectivity index (χ0n) is 13.3. The number of nitrogens with zero attached hydrogens (tertiary/aromatic N) is 1. The lowest BCUT2D eigenvalue weighted by Gasteiger charge is -2.24. The SMILES string of the molecule is CC1(C#Cc2cc(CCC(C)(C(=O)NO)S(C)(=O)=O)no2)CC1. The molecule has 2 rings (SSSR count). The molecular weight excluding hydrogens is 320 g/mol. The lowest BCUT2D eigenvalue weighted by molar-refractivity contribution is -0.131. The highest BCUT2D eigenvalue weighted by Gasteiger charge is 2.43. The van der Waals surface area contributed by atoms with Gasteiger partial charge in [0, 0.05) is 17.7 Å². The minimum Gasteiger partial charge on any atom is -0.347 e. The van der Waals surface area contributed by atoms with Crippen LogP contribution in [0.3, 0.4) is 0 Å². The van der Waals surface area contributed by atoms with Crippen molar-refractivity contribution in [3.05, 3.63) is 17.5 Å². The van der Waals surface area contributed by atoms with Crippen LogP contribution in [-0.2, 0) is 21.1 Å². The molecule has 0 aliphatic heterocycles. The molecule has 8 heteroatoms. The predicted octanol–water partition coefficient (Wildman–Crippen LogP) is 1.07. The van der Waals surface area contributed by atoms with E-state index in [2.05, 4.69) is 23.9 Å². The van der Waals surface area contributed by atoms with Crippen LogP contribution in [0.4, 0.5) is 0 Å². The maximum atomic E-state index is 11.9. The summed E-state index contributed by atoms with van der Waals surface area (Å²) in [5.41, 5.74) is 1.99. The van der Waals surface area contributed by atoms with Gasteiger partial charge in [0.25, 0.3) is 5.91 Å². The van der Waals surface area contributed by atoms with Gasteiger partial charge in [0.1, 0.15) is 4.75 Å². The Hall–Kier alpha value is -1.85. The Kier molecular flexibility index (Phi) is 4.55. The second kappa shape index (κ2) is 5.98. The summed E-state index contributed by atoms with van der Waals surface area (Å²) in [4.78, 5) is 11.7. The summed E-state index contributed by atoms with van der Waals surface area (Å²) in [6.07, 6.45) is 3.28. The fourth-order valence-corrected chi connectivity index (χ4v) is 2.82. The van der Waals surface area contributed by atoms with Crippen molar-refractivity contribution in [2.24, 2.45) is 5.41 Å². The van der Waals surface area contributed by atoms with E-state index < -0.39 is 20.5 Å². The van der Waals surface area contributed by atoms with Gasteiger partial charge in [0.05, 0.1) is 5.69 Å². The number of hydroxylamine groups is 1. The summed E-state index contributed by atoms with van der Waals surface area (Å²) in [6.45, 7) is 3.34. The van der Waals surface area contributed by atoms with E-state index in [1.807, 2.05) is 0 Å². The quantitative estimate of drug-likeness (QED) is 0.471. The Morgan fingerprint density at radius 2 is 2.22 bits per heavy atom. The third kappa shape index (κ3) is 3.92. The van der Waals surface area contributed by atoms with E-state index in [0.717, 1.165) is 19.1 Å². The number of aryl methyl sites for hydroxylation is 1. The van der Waals surface area contributed by atoms with E-state index in [1.54, 1.807) is 6.07 Å². The number of sulfone groups is 1. The summed E-state index contributed by atoms with van der Waals surface area (Å²) in [7, 11) is -3.72. The van der Waals surface area contributed by atoms with Crippen molar-refractivity contribution < 1.29 is 22.9 Å². The van der Waals surface area contributed by atoms with Gasteiger partial charge in [0.2, 0.25) is 5.76 Å². The van der Waals surface area contributed by atoms with E-state index in [-0.39, 0.29) is 18.3 Å². The van der Waals surface area contributed by atoms with Crippen LogP contribution in [0.15, 0.2) is 10.6 Å². The van der Waals surface area contributed by atoms with E-state index in [9.17, 15) is 13.2 Å². The summed E-state index contributed by atoms with van der Waals surface area (Å²) >= 11 is 0. The molecule has 1 unspecified atom stereocenters. The zero-order valence-corrected chi connectivity index (χ0v) is 14.2. The van der Waals surface area contributed by atoms with Gasteiger partial charge in [-0.15, -0.1) is 0 Å². The first-order valence-electron chi connectivity index (χ1n) is 7.23.